The number of carbonyl (C=O) groups is 2. The summed E-state index contributed by atoms with van der Waals surface area (Å²) in [5.74, 6) is -0.493. The summed E-state index contributed by atoms with van der Waals surface area (Å²) in [7, 11) is 1.45. The molecule has 40 heavy (non-hydrogen) atoms. The SMILES string of the molecule is COc1cc(C=NNC(=O)c2[nH]c3ccc(Cl)cc3c2-c2ccccc2Cl)ccc1OC(=O)c1ccc(Cl)cc1. The molecule has 0 aliphatic carbocycles. The number of nitrogens with zero attached hydrogens (tertiary/aromatic N) is 1. The van der Waals surface area contributed by atoms with Crippen LogP contribution < -0.4 is 14.9 Å². The predicted octanol–water partition coefficient (Wildman–Crippen LogP) is 7.79. The summed E-state index contributed by atoms with van der Waals surface area (Å²) < 4.78 is 10.9. The van der Waals surface area contributed by atoms with Gasteiger partial charge in [0.05, 0.1) is 18.9 Å². The van der Waals surface area contributed by atoms with Crippen molar-refractivity contribution >= 4 is 63.8 Å². The molecule has 0 radical (unpaired) electrons. The van der Waals surface area contributed by atoms with Crippen molar-refractivity contribution in [2.45, 2.75) is 0 Å². The van der Waals surface area contributed by atoms with E-state index in [9.17, 15) is 9.59 Å². The number of ether oxygens (including phenoxy) is 2. The van der Waals surface area contributed by atoms with Gasteiger partial charge in [-0.05, 0) is 72.3 Å². The Bertz CT molecular complexity index is 1760. The van der Waals surface area contributed by atoms with E-state index in [0.717, 1.165) is 10.9 Å². The Morgan fingerprint density at radius 2 is 1.62 bits per heavy atom. The first-order valence-electron chi connectivity index (χ1n) is 11.9. The lowest BCUT2D eigenvalue weighted by atomic mass is 10.0. The maximum atomic E-state index is 13.2. The first-order chi connectivity index (χ1) is 19.3. The molecule has 0 saturated carbocycles. The molecule has 4 aromatic carbocycles. The van der Waals surface area contributed by atoms with Crippen LogP contribution in [-0.4, -0.2) is 30.2 Å². The molecule has 0 spiro atoms. The normalized spacial score (nSPS) is 11.1. The minimum Gasteiger partial charge on any atom is -0.493 e. The van der Waals surface area contributed by atoms with Crippen LogP contribution in [0.15, 0.2) is 90.0 Å². The monoisotopic (exact) mass is 591 g/mol. The summed E-state index contributed by atoms with van der Waals surface area (Å²) in [5.41, 5.74) is 5.79. The second-order valence-electron chi connectivity index (χ2n) is 8.55. The average molecular weight is 593 g/mol. The maximum Gasteiger partial charge on any atom is 0.343 e. The van der Waals surface area contributed by atoms with Gasteiger partial charge in [-0.2, -0.15) is 5.10 Å². The molecule has 0 fully saturated rings. The number of carbonyl (C=O) groups excluding carboxylic acids is 2. The Labute approximate surface area is 244 Å². The second kappa shape index (κ2) is 11.8. The van der Waals surface area contributed by atoms with E-state index in [2.05, 4.69) is 15.5 Å². The lowest BCUT2D eigenvalue weighted by molar-refractivity contribution is 0.0729. The van der Waals surface area contributed by atoms with Crippen LogP contribution in [0.4, 0.5) is 0 Å². The minimum absolute atomic E-state index is 0.227. The molecule has 0 bridgehead atoms. The van der Waals surface area contributed by atoms with Crippen molar-refractivity contribution in [2.24, 2.45) is 5.10 Å². The van der Waals surface area contributed by atoms with Crippen molar-refractivity contribution < 1.29 is 19.1 Å². The Morgan fingerprint density at radius 3 is 2.38 bits per heavy atom. The highest BCUT2D eigenvalue weighted by molar-refractivity contribution is 6.34. The smallest absolute Gasteiger partial charge is 0.343 e. The minimum atomic E-state index is -0.558. The standard InChI is InChI=1S/C30H20Cl3N3O4/c1-39-26-14-17(6-13-25(26)40-30(38)18-7-9-19(31)10-8-18)16-34-36-29(37)28-27(21-4-2-3-5-23(21)33)22-15-20(32)11-12-24(22)35-28/h2-16,35H,1H3,(H,36,37). The lowest BCUT2D eigenvalue weighted by Gasteiger charge is -2.10. The molecule has 5 aromatic rings. The molecule has 0 aliphatic rings. The zero-order chi connectivity index (χ0) is 28.2. The van der Waals surface area contributed by atoms with Gasteiger partial charge in [-0.15, -0.1) is 0 Å². The van der Waals surface area contributed by atoms with Crippen molar-refractivity contribution in [1.82, 2.24) is 10.4 Å². The van der Waals surface area contributed by atoms with Crippen molar-refractivity contribution in [1.29, 1.82) is 0 Å². The highest BCUT2D eigenvalue weighted by atomic mass is 35.5. The number of nitrogens with one attached hydrogen (secondary N) is 2. The predicted molar refractivity (Wildman–Crippen MR) is 158 cm³/mol. The molecule has 0 aliphatic heterocycles. The third-order valence-electron chi connectivity index (χ3n) is 5.98. The number of amides is 1. The van der Waals surface area contributed by atoms with Gasteiger partial charge in [-0.25, -0.2) is 10.2 Å². The summed E-state index contributed by atoms with van der Waals surface area (Å²) in [5, 5.41) is 6.39. The summed E-state index contributed by atoms with van der Waals surface area (Å²) in [6, 6.07) is 23.8. The van der Waals surface area contributed by atoms with E-state index in [-0.39, 0.29) is 11.4 Å². The zero-order valence-electron chi connectivity index (χ0n) is 20.9. The number of esters is 1. The molecule has 1 amide bonds. The lowest BCUT2D eigenvalue weighted by Crippen LogP contribution is -2.19. The second-order valence-corrected chi connectivity index (χ2v) is 9.83. The molecule has 5 rings (SSSR count). The van der Waals surface area contributed by atoms with E-state index >= 15 is 0 Å². The number of hydrazone groups is 1. The van der Waals surface area contributed by atoms with Crippen LogP contribution in [0.25, 0.3) is 22.0 Å². The van der Waals surface area contributed by atoms with E-state index in [1.54, 1.807) is 66.7 Å². The maximum absolute atomic E-state index is 13.2. The van der Waals surface area contributed by atoms with Gasteiger partial charge in [0.1, 0.15) is 5.69 Å². The van der Waals surface area contributed by atoms with Crippen molar-refractivity contribution in [3.05, 3.63) is 117 Å². The van der Waals surface area contributed by atoms with Crippen LogP contribution in [0.1, 0.15) is 26.4 Å². The van der Waals surface area contributed by atoms with Gasteiger partial charge in [-0.1, -0.05) is 53.0 Å². The quantitative estimate of drug-likeness (QED) is 0.0873. The van der Waals surface area contributed by atoms with Crippen molar-refractivity contribution in [3.8, 4) is 22.6 Å². The van der Waals surface area contributed by atoms with Crippen LogP contribution in [0.5, 0.6) is 11.5 Å². The third-order valence-corrected chi connectivity index (χ3v) is 6.80. The van der Waals surface area contributed by atoms with E-state index in [1.807, 2.05) is 18.2 Å². The number of aromatic amines is 1. The molecule has 7 nitrogen and oxygen atoms in total. The van der Waals surface area contributed by atoms with Gasteiger partial charge in [0, 0.05) is 37.1 Å². The van der Waals surface area contributed by atoms with E-state index in [1.165, 1.54) is 13.3 Å². The van der Waals surface area contributed by atoms with Gasteiger partial charge in [0.25, 0.3) is 5.91 Å². The molecule has 200 valence electrons. The number of benzene rings is 4. The number of methoxy groups -OCH3 is 1. The van der Waals surface area contributed by atoms with Gasteiger partial charge in [-0.3, -0.25) is 4.79 Å². The number of rotatable bonds is 7. The molecular weight excluding hydrogens is 573 g/mol. The number of fused-ring (bicyclic) bond motifs is 1. The molecule has 0 atom stereocenters. The molecule has 0 saturated heterocycles. The van der Waals surface area contributed by atoms with E-state index < -0.39 is 11.9 Å². The fourth-order valence-corrected chi connectivity index (χ4v) is 4.62. The molecule has 1 aromatic heterocycles. The summed E-state index contributed by atoms with van der Waals surface area (Å²) in [6.45, 7) is 0. The zero-order valence-corrected chi connectivity index (χ0v) is 23.1. The number of H-pyrrole nitrogens is 1. The van der Waals surface area contributed by atoms with Gasteiger partial charge >= 0.3 is 5.97 Å². The Balaban J connectivity index is 1.36. The van der Waals surface area contributed by atoms with Crippen molar-refractivity contribution in [3.63, 3.8) is 0 Å². The molecule has 1 heterocycles. The highest BCUT2D eigenvalue weighted by Crippen LogP contribution is 2.37. The average Bonchev–Trinajstić information content (AvgIpc) is 3.32. The third kappa shape index (κ3) is 5.82. The van der Waals surface area contributed by atoms with E-state index in [0.29, 0.717) is 43.1 Å². The molecular formula is C30H20Cl3N3O4. The molecule has 0 unspecified atom stereocenters. The fourth-order valence-electron chi connectivity index (χ4n) is 4.09. The van der Waals surface area contributed by atoms with Crippen LogP contribution in [0.2, 0.25) is 15.1 Å². The van der Waals surface area contributed by atoms with Gasteiger partial charge in [0.15, 0.2) is 11.5 Å². The first kappa shape index (κ1) is 27.3. The van der Waals surface area contributed by atoms with Gasteiger partial charge < -0.3 is 14.5 Å². The first-order valence-corrected chi connectivity index (χ1v) is 13.0. The Morgan fingerprint density at radius 1 is 0.875 bits per heavy atom. The van der Waals surface area contributed by atoms with E-state index in [4.69, 9.17) is 44.3 Å². The van der Waals surface area contributed by atoms with Crippen molar-refractivity contribution in [2.75, 3.05) is 7.11 Å². The topological polar surface area (TPSA) is 92.8 Å². The Kier molecular flexibility index (Phi) is 8.07. The fraction of sp³-hybridized carbons (Fsp3) is 0.0333. The summed E-state index contributed by atoms with van der Waals surface area (Å²) >= 11 is 18.6. The largest absolute Gasteiger partial charge is 0.493 e. The van der Waals surface area contributed by atoms with Crippen LogP contribution >= 0.6 is 34.8 Å². The summed E-state index contributed by atoms with van der Waals surface area (Å²) in [4.78, 5) is 28.9. The highest BCUT2D eigenvalue weighted by Gasteiger charge is 2.21. The number of hydrogen-bond acceptors (Lipinski definition) is 5. The molecule has 2 N–H and O–H groups in total. The van der Waals surface area contributed by atoms with Crippen LogP contribution in [0.3, 0.4) is 0 Å². The number of halogens is 3. The molecule has 10 heteroatoms. The van der Waals surface area contributed by atoms with Crippen LogP contribution in [0, 0.1) is 0 Å². The summed E-state index contributed by atoms with van der Waals surface area (Å²) in [6.07, 6.45) is 1.44. The van der Waals surface area contributed by atoms with Crippen LogP contribution in [-0.2, 0) is 0 Å². The number of hydrogen-bond donors (Lipinski definition) is 2. The number of aromatic nitrogens is 1. The Hall–Kier alpha value is -4.30. The van der Waals surface area contributed by atoms with Gasteiger partial charge in [0.2, 0.25) is 0 Å².